The molecule has 1 aromatic rings. The van der Waals surface area contributed by atoms with Crippen LogP contribution < -0.4 is 5.32 Å². The Morgan fingerprint density at radius 1 is 1.23 bits per heavy atom. The number of hydrogen-bond acceptors (Lipinski definition) is 3. The lowest BCUT2D eigenvalue weighted by atomic mass is 9.64. The predicted octanol–water partition coefficient (Wildman–Crippen LogP) is 3.22. The summed E-state index contributed by atoms with van der Waals surface area (Å²) in [5.74, 6) is -0.123. The zero-order valence-corrected chi connectivity index (χ0v) is 13.6. The maximum Gasteiger partial charge on any atom is 0.305 e. The first-order valence-electron chi connectivity index (χ1n) is 7.70. The molecule has 0 saturated heterocycles. The van der Waals surface area contributed by atoms with Crippen LogP contribution in [0.25, 0.3) is 0 Å². The van der Waals surface area contributed by atoms with Crippen molar-refractivity contribution in [2.24, 2.45) is 0 Å². The van der Waals surface area contributed by atoms with Gasteiger partial charge in [-0.15, -0.1) is 0 Å². The fourth-order valence-corrected chi connectivity index (χ4v) is 2.94. The van der Waals surface area contributed by atoms with E-state index in [-0.39, 0.29) is 11.9 Å². The van der Waals surface area contributed by atoms with Crippen molar-refractivity contribution in [2.75, 3.05) is 13.7 Å². The van der Waals surface area contributed by atoms with Crippen molar-refractivity contribution in [2.45, 2.75) is 43.9 Å². The third-order valence-corrected chi connectivity index (χ3v) is 4.61. The van der Waals surface area contributed by atoms with Crippen LogP contribution in [0.2, 0.25) is 5.02 Å². The van der Waals surface area contributed by atoms with Gasteiger partial charge in [-0.1, -0.05) is 30.2 Å². The first-order chi connectivity index (χ1) is 10.6. The van der Waals surface area contributed by atoms with Crippen LogP contribution in [0, 0.1) is 0 Å². The maximum atomic E-state index is 12.6. The second-order valence-corrected chi connectivity index (χ2v) is 6.17. The summed E-state index contributed by atoms with van der Waals surface area (Å²) in [5, 5.41) is 3.69. The standard InChI is InChI=1S/C17H22ClNO3/c1-22-15(20)5-2-3-12-19-16(21)17(10-4-11-17)13-6-8-14(18)9-7-13/h6-9H,2-5,10-12H2,1H3,(H,19,21). The summed E-state index contributed by atoms with van der Waals surface area (Å²) in [6, 6.07) is 7.55. The van der Waals surface area contributed by atoms with E-state index in [1.807, 2.05) is 24.3 Å². The highest BCUT2D eigenvalue weighted by Crippen LogP contribution is 2.44. The molecule has 0 heterocycles. The average molecular weight is 324 g/mol. The van der Waals surface area contributed by atoms with Crippen molar-refractivity contribution in [3.8, 4) is 0 Å². The second kappa shape index (κ2) is 7.63. The lowest BCUT2D eigenvalue weighted by Crippen LogP contribution is -2.49. The number of amides is 1. The van der Waals surface area contributed by atoms with E-state index in [1.165, 1.54) is 7.11 Å². The van der Waals surface area contributed by atoms with Crippen LogP contribution in [-0.2, 0) is 19.7 Å². The summed E-state index contributed by atoms with van der Waals surface area (Å²) >= 11 is 5.92. The Morgan fingerprint density at radius 3 is 2.45 bits per heavy atom. The SMILES string of the molecule is COC(=O)CCCCNC(=O)C1(c2ccc(Cl)cc2)CCC1. The van der Waals surface area contributed by atoms with Crippen molar-refractivity contribution >= 4 is 23.5 Å². The topological polar surface area (TPSA) is 55.4 Å². The number of esters is 1. The van der Waals surface area contributed by atoms with Crippen LogP contribution in [0.1, 0.15) is 44.1 Å². The van der Waals surface area contributed by atoms with Crippen LogP contribution >= 0.6 is 11.6 Å². The molecule has 1 aromatic carbocycles. The van der Waals surface area contributed by atoms with Gasteiger partial charge in [-0.05, 0) is 43.4 Å². The van der Waals surface area contributed by atoms with Gasteiger partial charge < -0.3 is 10.1 Å². The van der Waals surface area contributed by atoms with E-state index >= 15 is 0 Å². The van der Waals surface area contributed by atoms with Gasteiger partial charge in [0.05, 0.1) is 12.5 Å². The minimum Gasteiger partial charge on any atom is -0.469 e. The molecule has 1 fully saturated rings. The zero-order valence-electron chi connectivity index (χ0n) is 12.9. The monoisotopic (exact) mass is 323 g/mol. The highest BCUT2D eigenvalue weighted by molar-refractivity contribution is 6.30. The highest BCUT2D eigenvalue weighted by Gasteiger charge is 2.45. The van der Waals surface area contributed by atoms with Gasteiger partial charge in [0.25, 0.3) is 0 Å². The van der Waals surface area contributed by atoms with E-state index in [1.54, 1.807) is 0 Å². The molecule has 1 aliphatic carbocycles. The normalized spacial score (nSPS) is 15.7. The van der Waals surface area contributed by atoms with Crippen LogP contribution in [0.5, 0.6) is 0 Å². The van der Waals surface area contributed by atoms with Crippen molar-refractivity contribution in [3.05, 3.63) is 34.9 Å². The molecule has 1 N–H and O–H groups in total. The van der Waals surface area contributed by atoms with Gasteiger partial charge in [0.15, 0.2) is 0 Å². The van der Waals surface area contributed by atoms with Crippen molar-refractivity contribution in [1.29, 1.82) is 0 Å². The molecule has 0 aromatic heterocycles. The molecule has 0 unspecified atom stereocenters. The molecule has 22 heavy (non-hydrogen) atoms. The molecule has 1 amide bonds. The summed E-state index contributed by atoms with van der Waals surface area (Å²) in [5.41, 5.74) is 0.641. The largest absolute Gasteiger partial charge is 0.469 e. The minimum absolute atomic E-state index is 0.0825. The summed E-state index contributed by atoms with van der Waals surface area (Å²) in [7, 11) is 1.39. The quantitative estimate of drug-likeness (QED) is 0.619. The van der Waals surface area contributed by atoms with Gasteiger partial charge in [0, 0.05) is 18.0 Å². The smallest absolute Gasteiger partial charge is 0.305 e. The number of unbranched alkanes of at least 4 members (excludes halogenated alkanes) is 1. The molecular weight excluding hydrogens is 302 g/mol. The molecule has 1 aliphatic rings. The third kappa shape index (κ3) is 3.80. The van der Waals surface area contributed by atoms with E-state index in [9.17, 15) is 9.59 Å². The van der Waals surface area contributed by atoms with Gasteiger partial charge in [-0.25, -0.2) is 0 Å². The maximum absolute atomic E-state index is 12.6. The summed E-state index contributed by atoms with van der Waals surface area (Å²) in [6.45, 7) is 0.588. The Bertz CT molecular complexity index is 523. The van der Waals surface area contributed by atoms with Gasteiger partial charge >= 0.3 is 5.97 Å². The van der Waals surface area contributed by atoms with E-state index in [4.69, 9.17) is 11.6 Å². The predicted molar refractivity (Wildman–Crippen MR) is 85.9 cm³/mol. The summed E-state index contributed by atoms with van der Waals surface area (Å²) in [4.78, 5) is 23.6. The van der Waals surface area contributed by atoms with Gasteiger partial charge in [-0.3, -0.25) is 9.59 Å². The highest BCUT2D eigenvalue weighted by atomic mass is 35.5. The molecular formula is C17H22ClNO3. The molecule has 0 atom stereocenters. The Morgan fingerprint density at radius 2 is 1.91 bits per heavy atom. The molecule has 0 spiro atoms. The van der Waals surface area contributed by atoms with Crippen LogP contribution in [0.4, 0.5) is 0 Å². The fourth-order valence-electron chi connectivity index (χ4n) is 2.81. The van der Waals surface area contributed by atoms with E-state index in [0.29, 0.717) is 18.0 Å². The summed E-state index contributed by atoms with van der Waals surface area (Å²) in [6.07, 6.45) is 4.72. The minimum atomic E-state index is -0.396. The second-order valence-electron chi connectivity index (χ2n) is 5.73. The Balaban J connectivity index is 1.84. The number of carbonyl (C=O) groups is 2. The number of halogens is 1. The van der Waals surface area contributed by atoms with Crippen molar-refractivity contribution in [1.82, 2.24) is 5.32 Å². The van der Waals surface area contributed by atoms with Crippen molar-refractivity contribution < 1.29 is 14.3 Å². The molecule has 0 bridgehead atoms. The zero-order chi connectivity index (χ0) is 16.0. The first-order valence-corrected chi connectivity index (χ1v) is 8.07. The van der Waals surface area contributed by atoms with Crippen molar-refractivity contribution in [3.63, 3.8) is 0 Å². The van der Waals surface area contributed by atoms with E-state index < -0.39 is 5.41 Å². The van der Waals surface area contributed by atoms with E-state index in [2.05, 4.69) is 10.1 Å². The molecule has 120 valence electrons. The number of carbonyl (C=O) groups excluding carboxylic acids is 2. The summed E-state index contributed by atoms with van der Waals surface area (Å²) < 4.78 is 4.59. The third-order valence-electron chi connectivity index (χ3n) is 4.36. The number of methoxy groups -OCH3 is 1. The molecule has 5 heteroatoms. The molecule has 1 saturated carbocycles. The molecule has 0 radical (unpaired) electrons. The number of ether oxygens (including phenoxy) is 1. The average Bonchev–Trinajstić information content (AvgIpc) is 2.47. The van der Waals surface area contributed by atoms with Gasteiger partial charge in [0.1, 0.15) is 0 Å². The Kier molecular flexibility index (Phi) is 5.83. The number of nitrogens with one attached hydrogen (secondary N) is 1. The lowest BCUT2D eigenvalue weighted by Gasteiger charge is -2.40. The molecule has 0 aliphatic heterocycles. The molecule has 4 nitrogen and oxygen atoms in total. The number of benzene rings is 1. The fraction of sp³-hybridized carbons (Fsp3) is 0.529. The number of hydrogen-bond donors (Lipinski definition) is 1. The van der Waals surface area contributed by atoms with Crippen LogP contribution in [-0.4, -0.2) is 25.5 Å². The van der Waals surface area contributed by atoms with Gasteiger partial charge in [-0.2, -0.15) is 0 Å². The van der Waals surface area contributed by atoms with Gasteiger partial charge in [0.2, 0.25) is 5.91 Å². The van der Waals surface area contributed by atoms with Crippen LogP contribution in [0.15, 0.2) is 24.3 Å². The number of rotatable bonds is 7. The van der Waals surface area contributed by atoms with Crippen LogP contribution in [0.3, 0.4) is 0 Å². The Hall–Kier alpha value is -1.55. The Labute approximate surface area is 136 Å². The van der Waals surface area contributed by atoms with E-state index in [0.717, 1.165) is 37.7 Å². The first kappa shape index (κ1) is 16.8. The molecule has 2 rings (SSSR count). The lowest BCUT2D eigenvalue weighted by molar-refractivity contribution is -0.140.